The maximum atomic E-state index is 12.6. The maximum absolute atomic E-state index is 12.6. The van der Waals surface area contributed by atoms with Crippen molar-refractivity contribution < 1.29 is 9.53 Å². The quantitative estimate of drug-likeness (QED) is 0.512. The third-order valence-electron chi connectivity index (χ3n) is 4.98. The van der Waals surface area contributed by atoms with Gasteiger partial charge in [-0.25, -0.2) is 9.97 Å². The summed E-state index contributed by atoms with van der Waals surface area (Å²) < 4.78 is 7.55. The van der Waals surface area contributed by atoms with E-state index in [-0.39, 0.29) is 17.6 Å². The summed E-state index contributed by atoms with van der Waals surface area (Å²) in [7, 11) is 1.65. The van der Waals surface area contributed by atoms with Gasteiger partial charge < -0.3 is 14.6 Å². The highest BCUT2D eigenvalue weighted by molar-refractivity contribution is 5.92. The highest BCUT2D eigenvalue weighted by Gasteiger charge is 2.20. The van der Waals surface area contributed by atoms with Crippen LogP contribution in [0.5, 0.6) is 5.75 Å². The third kappa shape index (κ3) is 4.15. The van der Waals surface area contributed by atoms with Crippen LogP contribution in [0.1, 0.15) is 34.8 Å². The van der Waals surface area contributed by atoms with E-state index in [0.29, 0.717) is 0 Å². The number of nitrogens with zero attached hydrogens (tertiary/aromatic N) is 4. The summed E-state index contributed by atoms with van der Waals surface area (Å²) in [5.41, 5.74) is 3.35. The molecular formula is C23H23N5O2. The highest BCUT2D eigenvalue weighted by atomic mass is 16.5. The average Bonchev–Trinajstić information content (AvgIpc) is 3.16. The zero-order valence-electron chi connectivity index (χ0n) is 16.9. The van der Waals surface area contributed by atoms with E-state index in [1.807, 2.05) is 43.3 Å². The first-order chi connectivity index (χ1) is 14.7. The molecule has 1 atom stereocenters. The number of imidazole rings is 1. The molecule has 0 saturated carbocycles. The molecule has 0 spiro atoms. The van der Waals surface area contributed by atoms with E-state index in [2.05, 4.69) is 32.0 Å². The summed E-state index contributed by atoms with van der Waals surface area (Å²) in [6.07, 6.45) is 5.34. The van der Waals surface area contributed by atoms with E-state index >= 15 is 0 Å². The Bertz CT molecular complexity index is 1140. The van der Waals surface area contributed by atoms with Crippen molar-refractivity contribution in [3.63, 3.8) is 0 Å². The summed E-state index contributed by atoms with van der Waals surface area (Å²) in [6, 6.07) is 15.8. The fraction of sp³-hybridized carbons (Fsp3) is 0.217. The van der Waals surface area contributed by atoms with E-state index in [1.165, 1.54) is 24.2 Å². The summed E-state index contributed by atoms with van der Waals surface area (Å²) in [5, 5.41) is 2.98. The van der Waals surface area contributed by atoms with Crippen molar-refractivity contribution in [1.82, 2.24) is 24.8 Å². The van der Waals surface area contributed by atoms with Crippen molar-refractivity contribution >= 4 is 16.9 Å². The summed E-state index contributed by atoms with van der Waals surface area (Å²) in [6.45, 7) is 2.65. The number of amides is 1. The second kappa shape index (κ2) is 8.73. The van der Waals surface area contributed by atoms with Crippen LogP contribution in [0.2, 0.25) is 0 Å². The number of aryl methyl sites for hydroxylation is 2. The second-order valence-electron chi connectivity index (χ2n) is 7.00. The van der Waals surface area contributed by atoms with Crippen molar-refractivity contribution in [2.75, 3.05) is 7.11 Å². The molecule has 4 rings (SSSR count). The van der Waals surface area contributed by atoms with Crippen LogP contribution in [-0.2, 0) is 13.0 Å². The molecule has 0 bridgehead atoms. The van der Waals surface area contributed by atoms with Crippen LogP contribution < -0.4 is 10.1 Å². The molecule has 2 aromatic heterocycles. The Kier molecular flexibility index (Phi) is 5.70. The molecule has 4 aromatic rings. The Labute approximate surface area is 174 Å². The molecular weight excluding hydrogens is 378 g/mol. The molecule has 152 valence electrons. The fourth-order valence-electron chi connectivity index (χ4n) is 3.45. The summed E-state index contributed by atoms with van der Waals surface area (Å²) >= 11 is 0. The number of hydrogen-bond acceptors (Lipinski definition) is 5. The van der Waals surface area contributed by atoms with Gasteiger partial charge >= 0.3 is 0 Å². The van der Waals surface area contributed by atoms with Gasteiger partial charge in [-0.1, -0.05) is 30.3 Å². The molecule has 7 nitrogen and oxygen atoms in total. The lowest BCUT2D eigenvalue weighted by Crippen LogP contribution is -2.29. The minimum atomic E-state index is -0.311. The van der Waals surface area contributed by atoms with Gasteiger partial charge in [0.15, 0.2) is 0 Å². The normalized spacial score (nSPS) is 11.9. The molecule has 0 radical (unpaired) electrons. The van der Waals surface area contributed by atoms with Gasteiger partial charge in [0.05, 0.1) is 30.4 Å². The van der Waals surface area contributed by atoms with Gasteiger partial charge in [-0.05, 0) is 31.0 Å². The fourth-order valence-corrected chi connectivity index (χ4v) is 3.45. The number of ether oxygens (including phenoxy) is 1. The van der Waals surface area contributed by atoms with Crippen molar-refractivity contribution in [3.05, 3.63) is 84.2 Å². The monoisotopic (exact) mass is 401 g/mol. The molecule has 1 unspecified atom stereocenters. The van der Waals surface area contributed by atoms with Gasteiger partial charge in [0.2, 0.25) is 0 Å². The van der Waals surface area contributed by atoms with Gasteiger partial charge in [-0.15, -0.1) is 0 Å². The van der Waals surface area contributed by atoms with Crippen LogP contribution in [0, 0.1) is 0 Å². The predicted molar refractivity (Wildman–Crippen MR) is 114 cm³/mol. The topological polar surface area (TPSA) is 81.9 Å². The first-order valence-electron chi connectivity index (χ1n) is 9.80. The number of benzene rings is 2. The second-order valence-corrected chi connectivity index (χ2v) is 7.00. The third-order valence-corrected chi connectivity index (χ3v) is 4.98. The Balaban J connectivity index is 1.66. The summed E-state index contributed by atoms with van der Waals surface area (Å²) in [4.78, 5) is 25.4. The van der Waals surface area contributed by atoms with E-state index in [1.54, 1.807) is 7.11 Å². The Morgan fingerprint density at radius 2 is 2.00 bits per heavy atom. The van der Waals surface area contributed by atoms with Crippen molar-refractivity contribution in [1.29, 1.82) is 0 Å². The van der Waals surface area contributed by atoms with Gasteiger partial charge in [-0.3, -0.25) is 9.78 Å². The van der Waals surface area contributed by atoms with E-state index < -0.39 is 0 Å². The van der Waals surface area contributed by atoms with Crippen LogP contribution in [0.4, 0.5) is 0 Å². The van der Waals surface area contributed by atoms with Crippen molar-refractivity contribution in [2.45, 2.75) is 25.9 Å². The molecule has 0 aliphatic rings. The lowest BCUT2D eigenvalue weighted by molar-refractivity contribution is 0.0932. The largest absolute Gasteiger partial charge is 0.497 e. The Morgan fingerprint density at radius 3 is 2.73 bits per heavy atom. The lowest BCUT2D eigenvalue weighted by Gasteiger charge is -2.16. The number of hydrogen-bond donors (Lipinski definition) is 1. The van der Waals surface area contributed by atoms with Crippen LogP contribution >= 0.6 is 0 Å². The predicted octanol–water partition coefficient (Wildman–Crippen LogP) is 3.57. The highest BCUT2D eigenvalue weighted by Crippen LogP contribution is 2.25. The standard InChI is InChI=1S/C23H23N5O2/c1-16(26-23(29)20-15-24-11-12-25-20)22-27-19-9-8-18(30-2)14-21(19)28(22)13-10-17-6-4-3-5-7-17/h3-9,11-12,14-16H,10,13H2,1-2H3,(H,26,29). The number of carbonyl (C=O) groups excluding carboxylic acids is 1. The zero-order valence-corrected chi connectivity index (χ0v) is 16.9. The van der Waals surface area contributed by atoms with Crippen LogP contribution in [-0.4, -0.2) is 32.5 Å². The maximum Gasteiger partial charge on any atom is 0.272 e. The number of rotatable bonds is 7. The first kappa shape index (κ1) is 19.6. The van der Waals surface area contributed by atoms with Crippen LogP contribution in [0.3, 0.4) is 0 Å². The average molecular weight is 401 g/mol. The van der Waals surface area contributed by atoms with Gasteiger partial charge in [-0.2, -0.15) is 0 Å². The lowest BCUT2D eigenvalue weighted by atomic mass is 10.1. The Morgan fingerprint density at radius 1 is 1.17 bits per heavy atom. The molecule has 0 aliphatic carbocycles. The SMILES string of the molecule is COc1ccc2nc(C(C)NC(=O)c3cnccn3)n(CCc3ccccc3)c2c1. The molecule has 2 aromatic carbocycles. The van der Waals surface area contributed by atoms with E-state index in [9.17, 15) is 4.79 Å². The molecule has 1 amide bonds. The van der Waals surface area contributed by atoms with Gasteiger partial charge in [0.1, 0.15) is 17.3 Å². The van der Waals surface area contributed by atoms with Crippen LogP contribution in [0.25, 0.3) is 11.0 Å². The first-order valence-corrected chi connectivity index (χ1v) is 9.80. The van der Waals surface area contributed by atoms with Crippen LogP contribution in [0.15, 0.2) is 67.1 Å². The number of nitrogens with one attached hydrogen (secondary N) is 1. The molecule has 0 aliphatic heterocycles. The minimum Gasteiger partial charge on any atom is -0.497 e. The number of carbonyl (C=O) groups is 1. The zero-order chi connectivity index (χ0) is 20.9. The molecule has 0 fully saturated rings. The van der Waals surface area contributed by atoms with Crippen molar-refractivity contribution in [2.24, 2.45) is 0 Å². The molecule has 2 heterocycles. The number of methoxy groups -OCH3 is 1. The minimum absolute atomic E-state index is 0.276. The molecule has 30 heavy (non-hydrogen) atoms. The Hall–Kier alpha value is -3.74. The molecule has 0 saturated heterocycles. The number of fused-ring (bicyclic) bond motifs is 1. The smallest absolute Gasteiger partial charge is 0.272 e. The molecule has 1 N–H and O–H groups in total. The van der Waals surface area contributed by atoms with Gasteiger partial charge in [0.25, 0.3) is 5.91 Å². The van der Waals surface area contributed by atoms with E-state index in [4.69, 9.17) is 9.72 Å². The van der Waals surface area contributed by atoms with Crippen molar-refractivity contribution in [3.8, 4) is 5.75 Å². The number of aromatic nitrogens is 4. The van der Waals surface area contributed by atoms with E-state index in [0.717, 1.165) is 35.6 Å². The summed E-state index contributed by atoms with van der Waals surface area (Å²) in [5.74, 6) is 1.27. The molecule has 7 heteroatoms. The van der Waals surface area contributed by atoms with Gasteiger partial charge in [0, 0.05) is 25.0 Å².